The Morgan fingerprint density at radius 2 is 1.38 bits per heavy atom. The molecular weight excluding hydrogens is 616 g/mol. The Balaban J connectivity index is 1.67. The van der Waals surface area contributed by atoms with E-state index in [4.69, 9.17) is 37.9 Å². The second kappa shape index (κ2) is 15.7. The molecule has 1 N–H and O–H groups in total. The molecule has 2 aromatic carbocycles. The molecule has 2 heterocycles. The van der Waals surface area contributed by atoms with Crippen LogP contribution in [0.2, 0.25) is 0 Å². The zero-order valence-corrected chi connectivity index (χ0v) is 26.1. The molecule has 1 aliphatic heterocycles. The summed E-state index contributed by atoms with van der Waals surface area (Å²) in [6, 6.07) is 12.5. The first-order valence-corrected chi connectivity index (χ1v) is 14.5. The van der Waals surface area contributed by atoms with Crippen molar-refractivity contribution >= 4 is 59.0 Å². The molecule has 248 valence electrons. The van der Waals surface area contributed by atoms with Crippen LogP contribution < -0.4 is 4.74 Å². The molecule has 3 aromatic rings. The molecule has 0 bridgehead atoms. The Labute approximate surface area is 269 Å². The average Bonchev–Trinajstić information content (AvgIpc) is 3.42. The fraction of sp³-hybridized carbons (Fsp3) is 0.324. The monoisotopic (exact) mass is 650 g/mol. The second-order valence-electron chi connectivity index (χ2n) is 10.5. The van der Waals surface area contributed by atoms with Crippen LogP contribution >= 0.6 is 0 Å². The maximum atomic E-state index is 12.2. The fourth-order valence-corrected chi connectivity index (χ4v) is 4.91. The quantitative estimate of drug-likeness (QED) is 0.214. The van der Waals surface area contributed by atoms with E-state index in [0.29, 0.717) is 16.5 Å². The van der Waals surface area contributed by atoms with Gasteiger partial charge in [0.1, 0.15) is 24.0 Å². The lowest BCUT2D eigenvalue weighted by Gasteiger charge is -2.43. The van der Waals surface area contributed by atoms with E-state index in [9.17, 15) is 24.0 Å². The van der Waals surface area contributed by atoms with Crippen LogP contribution in [0.5, 0.6) is 5.75 Å². The molecule has 0 spiro atoms. The average molecular weight is 651 g/mol. The number of aliphatic carboxylic acids is 1. The zero-order valence-electron chi connectivity index (χ0n) is 26.1. The predicted octanol–water partition coefficient (Wildman–Crippen LogP) is 4.55. The summed E-state index contributed by atoms with van der Waals surface area (Å²) in [7, 11) is 0. The number of hydrogen-bond acceptors (Lipinski definition) is 12. The van der Waals surface area contributed by atoms with Crippen molar-refractivity contribution in [3.8, 4) is 5.75 Å². The van der Waals surface area contributed by atoms with Crippen LogP contribution in [0, 0.1) is 0 Å². The first-order valence-electron chi connectivity index (χ1n) is 14.5. The number of ether oxygens (including phenoxy) is 6. The summed E-state index contributed by atoms with van der Waals surface area (Å²) in [5, 5.41) is 9.36. The molecule has 0 radical (unpaired) electrons. The van der Waals surface area contributed by atoms with Gasteiger partial charge in [0.25, 0.3) is 0 Å². The Morgan fingerprint density at radius 3 is 2.00 bits per heavy atom. The number of hydrogen-bond donors (Lipinski definition) is 1. The Morgan fingerprint density at radius 1 is 0.766 bits per heavy atom. The third kappa shape index (κ3) is 9.53. The van der Waals surface area contributed by atoms with Crippen LogP contribution in [-0.2, 0) is 47.7 Å². The van der Waals surface area contributed by atoms with Gasteiger partial charge in [0.05, 0.1) is 18.1 Å². The summed E-state index contributed by atoms with van der Waals surface area (Å²) in [6.45, 7) is 4.21. The highest BCUT2D eigenvalue weighted by atomic mass is 16.7. The van der Waals surface area contributed by atoms with Crippen molar-refractivity contribution < 1.29 is 61.9 Å². The lowest BCUT2D eigenvalue weighted by Crippen LogP contribution is -2.63. The minimum absolute atomic E-state index is 0.0722. The van der Waals surface area contributed by atoms with E-state index in [0.717, 1.165) is 31.9 Å². The molecule has 0 amide bonds. The highest BCUT2D eigenvalue weighted by Crippen LogP contribution is 2.36. The number of carbonyl (C=O) groups excluding carboxylic acids is 4. The number of carboxylic acids is 1. The molecule has 0 saturated carbocycles. The summed E-state index contributed by atoms with van der Waals surface area (Å²) in [6.07, 6.45) is 1.71. The van der Waals surface area contributed by atoms with Gasteiger partial charge in [-0.15, -0.1) is 0 Å². The number of rotatable bonds is 12. The van der Waals surface area contributed by atoms with Gasteiger partial charge in [-0.3, -0.25) is 24.0 Å². The molecule has 1 fully saturated rings. The molecule has 13 heteroatoms. The number of carboxylic acid groups (broad SMARTS) is 1. The highest BCUT2D eigenvalue weighted by molar-refractivity contribution is 5.94. The van der Waals surface area contributed by atoms with Crippen LogP contribution in [0.25, 0.3) is 29.2 Å². The zero-order chi connectivity index (χ0) is 34.1. The van der Waals surface area contributed by atoms with Crippen molar-refractivity contribution in [3.05, 3.63) is 71.5 Å². The van der Waals surface area contributed by atoms with Gasteiger partial charge in [-0.2, -0.15) is 0 Å². The van der Waals surface area contributed by atoms with Crippen LogP contribution in [-0.4, -0.2) is 72.3 Å². The Kier molecular flexibility index (Phi) is 11.5. The van der Waals surface area contributed by atoms with E-state index >= 15 is 0 Å². The largest absolute Gasteiger partial charge is 0.481 e. The van der Waals surface area contributed by atoms with Crippen molar-refractivity contribution in [1.82, 2.24) is 0 Å². The van der Waals surface area contributed by atoms with Gasteiger partial charge in [-0.05, 0) is 23.3 Å². The van der Waals surface area contributed by atoms with E-state index in [-0.39, 0.29) is 12.2 Å². The van der Waals surface area contributed by atoms with Crippen molar-refractivity contribution in [3.63, 3.8) is 0 Å². The van der Waals surface area contributed by atoms with Crippen molar-refractivity contribution in [2.75, 3.05) is 6.61 Å². The number of esters is 4. The number of furan rings is 1. The van der Waals surface area contributed by atoms with Crippen LogP contribution in [0.15, 0.2) is 59.2 Å². The van der Waals surface area contributed by atoms with Gasteiger partial charge < -0.3 is 37.9 Å². The topological polar surface area (TPSA) is 174 Å². The second-order valence-corrected chi connectivity index (χ2v) is 10.5. The summed E-state index contributed by atoms with van der Waals surface area (Å²) >= 11 is 0. The minimum atomic E-state index is -1.42. The summed E-state index contributed by atoms with van der Waals surface area (Å²) in [5.41, 5.74) is 2.80. The summed E-state index contributed by atoms with van der Waals surface area (Å²) in [4.78, 5) is 58.8. The van der Waals surface area contributed by atoms with Gasteiger partial charge in [0.15, 0.2) is 12.2 Å². The highest BCUT2D eigenvalue weighted by Gasteiger charge is 2.53. The first-order chi connectivity index (χ1) is 22.4. The SMILES string of the molecule is CC(=O)OC[C@H]1O[C@@H](Oc2cccc3occ(C=Cc4ccc(C=CCC(=O)O)cc4)c23)[C@H](OC(C)=O)[C@@H](OC(C)=O)[C@@H]1OC(C)=O. The number of carbonyl (C=O) groups is 5. The third-order valence-corrected chi connectivity index (χ3v) is 6.78. The maximum Gasteiger partial charge on any atom is 0.307 e. The number of benzene rings is 2. The van der Waals surface area contributed by atoms with Gasteiger partial charge in [-0.1, -0.05) is 54.6 Å². The van der Waals surface area contributed by atoms with E-state index in [1.807, 2.05) is 30.3 Å². The van der Waals surface area contributed by atoms with E-state index in [1.54, 1.807) is 36.4 Å². The van der Waals surface area contributed by atoms with E-state index < -0.39 is 67.2 Å². The van der Waals surface area contributed by atoms with E-state index in [2.05, 4.69) is 0 Å². The lowest BCUT2D eigenvalue weighted by atomic mass is 9.98. The summed E-state index contributed by atoms with van der Waals surface area (Å²) < 4.78 is 39.7. The van der Waals surface area contributed by atoms with Crippen LogP contribution in [0.1, 0.15) is 50.8 Å². The van der Waals surface area contributed by atoms with Crippen molar-refractivity contribution in [2.24, 2.45) is 0 Å². The molecule has 1 aliphatic rings. The van der Waals surface area contributed by atoms with Crippen molar-refractivity contribution in [1.29, 1.82) is 0 Å². The van der Waals surface area contributed by atoms with Gasteiger partial charge in [-0.25, -0.2) is 0 Å². The molecular formula is C34H34O13. The Bertz CT molecular complexity index is 1670. The molecule has 1 saturated heterocycles. The third-order valence-electron chi connectivity index (χ3n) is 6.78. The number of fused-ring (bicyclic) bond motifs is 1. The van der Waals surface area contributed by atoms with Gasteiger partial charge in [0.2, 0.25) is 12.4 Å². The molecule has 47 heavy (non-hydrogen) atoms. The normalized spacial score (nSPS) is 21.0. The van der Waals surface area contributed by atoms with Gasteiger partial charge in [0, 0.05) is 33.3 Å². The minimum Gasteiger partial charge on any atom is -0.481 e. The molecule has 4 rings (SSSR count). The first kappa shape index (κ1) is 34.4. The molecule has 1 aromatic heterocycles. The molecule has 0 unspecified atom stereocenters. The van der Waals surface area contributed by atoms with Crippen LogP contribution in [0.4, 0.5) is 0 Å². The summed E-state index contributed by atoms with van der Waals surface area (Å²) in [5.74, 6) is -3.54. The van der Waals surface area contributed by atoms with Gasteiger partial charge >= 0.3 is 29.8 Å². The smallest absolute Gasteiger partial charge is 0.307 e. The lowest BCUT2D eigenvalue weighted by molar-refractivity contribution is -0.288. The predicted molar refractivity (Wildman–Crippen MR) is 165 cm³/mol. The van der Waals surface area contributed by atoms with Crippen molar-refractivity contribution in [2.45, 2.75) is 64.8 Å². The molecule has 0 aliphatic carbocycles. The maximum absolute atomic E-state index is 12.2. The Hall–Kier alpha value is -5.43. The molecule has 5 atom stereocenters. The molecule has 13 nitrogen and oxygen atoms in total. The van der Waals surface area contributed by atoms with Crippen LogP contribution in [0.3, 0.4) is 0 Å². The fourth-order valence-electron chi connectivity index (χ4n) is 4.91. The van der Waals surface area contributed by atoms with E-state index in [1.165, 1.54) is 13.2 Å². The standard InChI is InChI=1S/C34H34O13/c1-19(35)41-18-28-31(43-20(2)36)32(44-21(3)37)33(45-22(4)38)34(47-28)46-27-9-6-8-26-30(27)25(17-42-26)16-15-24-13-11-23(12-14-24)7-5-10-29(39)40/h5-9,11-17,28,31-34H,10,18H2,1-4H3,(H,39,40)/t28-,31-,32+,33-,34-/m1/s1.